The van der Waals surface area contributed by atoms with Crippen LogP contribution in [0.3, 0.4) is 0 Å². The lowest BCUT2D eigenvalue weighted by Crippen LogP contribution is -2.28. The molecule has 0 fully saturated rings. The Labute approximate surface area is 170 Å². The van der Waals surface area contributed by atoms with Crippen LogP contribution in [0.2, 0.25) is 0 Å². The topological polar surface area (TPSA) is 106 Å². The minimum absolute atomic E-state index is 0.175. The van der Waals surface area contributed by atoms with Crippen LogP contribution in [-0.2, 0) is 14.8 Å². The Morgan fingerprint density at radius 2 is 1.76 bits per heavy atom. The number of nitrogens with zero attached hydrogens (tertiary/aromatic N) is 2. The molecule has 29 heavy (non-hydrogen) atoms. The summed E-state index contributed by atoms with van der Waals surface area (Å²) in [5.74, 6) is -0.883. The van der Waals surface area contributed by atoms with Crippen molar-refractivity contribution in [3.63, 3.8) is 0 Å². The number of carbonyl (C=O) groups excluding carboxylic acids is 2. The molecule has 1 atom stereocenters. The summed E-state index contributed by atoms with van der Waals surface area (Å²) in [7, 11) is -0.574. The number of ether oxygens (including phenoxy) is 1. The van der Waals surface area contributed by atoms with Gasteiger partial charge in [-0.2, -0.15) is 0 Å². The summed E-state index contributed by atoms with van der Waals surface area (Å²) >= 11 is 0. The van der Waals surface area contributed by atoms with Gasteiger partial charge in [-0.3, -0.25) is 4.79 Å². The van der Waals surface area contributed by atoms with Crippen molar-refractivity contribution in [1.29, 1.82) is 0 Å². The predicted octanol–water partition coefficient (Wildman–Crippen LogP) is 2.31. The maximum Gasteiger partial charge on any atom is 0.339 e. The molecule has 0 aliphatic carbocycles. The van der Waals surface area contributed by atoms with Gasteiger partial charge in [0.25, 0.3) is 5.91 Å². The van der Waals surface area contributed by atoms with E-state index in [-0.39, 0.29) is 23.2 Å². The summed E-state index contributed by atoms with van der Waals surface area (Å²) in [4.78, 5) is 28.7. The Bertz CT molecular complexity index is 1000. The number of aryl methyl sites for hydroxylation is 1. The smallest absolute Gasteiger partial charge is 0.339 e. The molecule has 0 saturated carbocycles. The van der Waals surface area contributed by atoms with Crippen LogP contribution >= 0.6 is 0 Å². The summed E-state index contributed by atoms with van der Waals surface area (Å²) in [5.41, 5.74) is 1.64. The largest absolute Gasteiger partial charge is 0.462 e. The van der Waals surface area contributed by atoms with Crippen LogP contribution in [0.5, 0.6) is 0 Å². The number of amides is 1. The number of aromatic nitrogens is 1. The molecule has 0 aliphatic rings. The highest BCUT2D eigenvalue weighted by molar-refractivity contribution is 7.89. The van der Waals surface area contributed by atoms with Gasteiger partial charge >= 0.3 is 5.97 Å². The van der Waals surface area contributed by atoms with Crippen molar-refractivity contribution >= 4 is 21.9 Å². The van der Waals surface area contributed by atoms with Gasteiger partial charge in [-0.1, -0.05) is 12.1 Å². The molecule has 0 saturated heterocycles. The SMILES string of the molecule is CCOC(=O)c1ccc(C(=O)NC(C)c2ccc(S(=O)(=O)N(C)C)cc2)nc1C. The number of nitrogens with one attached hydrogen (secondary N) is 1. The highest BCUT2D eigenvalue weighted by atomic mass is 32.2. The van der Waals surface area contributed by atoms with E-state index in [2.05, 4.69) is 10.3 Å². The Hall–Kier alpha value is -2.78. The summed E-state index contributed by atoms with van der Waals surface area (Å²) < 4.78 is 30.4. The number of hydrogen-bond acceptors (Lipinski definition) is 6. The molecule has 156 valence electrons. The molecule has 8 nitrogen and oxygen atoms in total. The van der Waals surface area contributed by atoms with E-state index in [4.69, 9.17) is 4.74 Å². The van der Waals surface area contributed by atoms with Crippen molar-refractivity contribution in [3.8, 4) is 0 Å². The van der Waals surface area contributed by atoms with Crippen LogP contribution in [0.25, 0.3) is 0 Å². The fourth-order valence-electron chi connectivity index (χ4n) is 2.61. The Balaban J connectivity index is 2.13. The van der Waals surface area contributed by atoms with E-state index in [9.17, 15) is 18.0 Å². The maximum absolute atomic E-state index is 12.5. The van der Waals surface area contributed by atoms with E-state index in [0.29, 0.717) is 11.3 Å². The fraction of sp³-hybridized carbons (Fsp3) is 0.350. The number of carbonyl (C=O) groups is 2. The second-order valence-electron chi connectivity index (χ2n) is 6.60. The molecular formula is C20H25N3O5S. The second kappa shape index (κ2) is 9.15. The third kappa shape index (κ3) is 5.18. The zero-order valence-corrected chi connectivity index (χ0v) is 17.9. The first kappa shape index (κ1) is 22.5. The highest BCUT2D eigenvalue weighted by Crippen LogP contribution is 2.19. The van der Waals surface area contributed by atoms with Crippen LogP contribution in [0.15, 0.2) is 41.3 Å². The van der Waals surface area contributed by atoms with Crippen molar-refractivity contribution in [3.05, 3.63) is 58.9 Å². The quantitative estimate of drug-likeness (QED) is 0.691. The molecule has 1 N–H and O–H groups in total. The van der Waals surface area contributed by atoms with Gasteiger partial charge in [-0.25, -0.2) is 22.5 Å². The molecule has 1 unspecified atom stereocenters. The van der Waals surface area contributed by atoms with E-state index < -0.39 is 21.9 Å². The maximum atomic E-state index is 12.5. The minimum atomic E-state index is -3.51. The number of pyridine rings is 1. The lowest BCUT2D eigenvalue weighted by molar-refractivity contribution is 0.0524. The first-order valence-corrected chi connectivity index (χ1v) is 10.5. The molecule has 0 radical (unpaired) electrons. The van der Waals surface area contributed by atoms with Crippen molar-refractivity contribution in [2.24, 2.45) is 0 Å². The van der Waals surface area contributed by atoms with Crippen LogP contribution in [0.4, 0.5) is 0 Å². The van der Waals surface area contributed by atoms with E-state index in [1.807, 2.05) is 0 Å². The van der Waals surface area contributed by atoms with Crippen LogP contribution < -0.4 is 5.32 Å². The Morgan fingerprint density at radius 3 is 2.28 bits per heavy atom. The molecule has 0 bridgehead atoms. The molecule has 1 amide bonds. The molecule has 1 aromatic carbocycles. The van der Waals surface area contributed by atoms with Crippen LogP contribution in [-0.4, -0.2) is 50.3 Å². The molecule has 1 aromatic heterocycles. The van der Waals surface area contributed by atoms with E-state index in [0.717, 1.165) is 9.87 Å². The van der Waals surface area contributed by atoms with Crippen LogP contribution in [0, 0.1) is 6.92 Å². The lowest BCUT2D eigenvalue weighted by Gasteiger charge is -2.16. The fourth-order valence-corrected chi connectivity index (χ4v) is 3.51. The third-order valence-corrected chi connectivity index (χ3v) is 6.15. The van der Waals surface area contributed by atoms with Crippen molar-refractivity contribution in [1.82, 2.24) is 14.6 Å². The molecule has 9 heteroatoms. The van der Waals surface area contributed by atoms with E-state index in [1.165, 1.54) is 38.4 Å². The van der Waals surface area contributed by atoms with Gasteiger partial charge in [0.1, 0.15) is 5.69 Å². The number of benzene rings is 1. The van der Waals surface area contributed by atoms with Crippen molar-refractivity contribution in [2.75, 3.05) is 20.7 Å². The van der Waals surface area contributed by atoms with E-state index >= 15 is 0 Å². The van der Waals surface area contributed by atoms with Crippen molar-refractivity contribution < 1.29 is 22.7 Å². The first-order valence-electron chi connectivity index (χ1n) is 9.06. The molecule has 2 rings (SSSR count). The van der Waals surface area contributed by atoms with Crippen LogP contribution in [0.1, 0.15) is 52.0 Å². The average Bonchev–Trinajstić information content (AvgIpc) is 2.67. The van der Waals surface area contributed by atoms with Gasteiger partial charge in [0, 0.05) is 14.1 Å². The zero-order chi connectivity index (χ0) is 21.8. The van der Waals surface area contributed by atoms with Gasteiger partial charge in [0.2, 0.25) is 10.0 Å². The number of sulfonamides is 1. The summed E-state index contributed by atoms with van der Waals surface area (Å²) in [6.07, 6.45) is 0. The van der Waals surface area contributed by atoms with Gasteiger partial charge in [-0.15, -0.1) is 0 Å². The van der Waals surface area contributed by atoms with Gasteiger partial charge in [-0.05, 0) is 50.6 Å². The zero-order valence-electron chi connectivity index (χ0n) is 17.1. The van der Waals surface area contributed by atoms with Gasteiger partial charge in [0.15, 0.2) is 0 Å². The summed E-state index contributed by atoms with van der Waals surface area (Å²) in [6, 6.07) is 8.93. The van der Waals surface area contributed by atoms with E-state index in [1.54, 1.807) is 32.9 Å². The number of hydrogen-bond donors (Lipinski definition) is 1. The Kier molecular flexibility index (Phi) is 7.10. The molecule has 0 spiro atoms. The third-order valence-electron chi connectivity index (χ3n) is 4.32. The number of rotatable bonds is 7. The molecule has 2 aromatic rings. The monoisotopic (exact) mass is 419 g/mol. The second-order valence-corrected chi connectivity index (χ2v) is 8.75. The lowest BCUT2D eigenvalue weighted by atomic mass is 10.1. The van der Waals surface area contributed by atoms with Gasteiger partial charge < -0.3 is 10.1 Å². The normalized spacial score (nSPS) is 12.5. The summed E-state index contributed by atoms with van der Waals surface area (Å²) in [6.45, 7) is 5.39. The predicted molar refractivity (Wildman–Crippen MR) is 108 cm³/mol. The molecular weight excluding hydrogens is 394 g/mol. The highest BCUT2D eigenvalue weighted by Gasteiger charge is 2.19. The molecule has 0 aliphatic heterocycles. The number of esters is 1. The first-order chi connectivity index (χ1) is 13.6. The van der Waals surface area contributed by atoms with Crippen molar-refractivity contribution in [2.45, 2.75) is 31.7 Å². The standard InChI is InChI=1S/C20H25N3O5S/c1-6-28-20(25)17-11-12-18(21-14(17)3)19(24)22-13(2)15-7-9-16(10-8-15)29(26,27)23(4)5/h7-13H,6H2,1-5H3,(H,22,24). The summed E-state index contributed by atoms with van der Waals surface area (Å²) in [5, 5.41) is 2.82. The average molecular weight is 420 g/mol. The Morgan fingerprint density at radius 1 is 1.14 bits per heavy atom. The minimum Gasteiger partial charge on any atom is -0.462 e. The van der Waals surface area contributed by atoms with Gasteiger partial charge in [0.05, 0.1) is 28.8 Å². The molecule has 1 heterocycles.